The van der Waals surface area contributed by atoms with Crippen molar-refractivity contribution in [1.29, 1.82) is 0 Å². The Kier molecular flexibility index (Phi) is 42.6. The first kappa shape index (κ1) is 70.3. The van der Waals surface area contributed by atoms with Crippen molar-refractivity contribution < 1.29 is 104 Å². The van der Waals surface area contributed by atoms with Crippen LogP contribution in [0, 0.1) is 22.0 Å². The summed E-state index contributed by atoms with van der Waals surface area (Å²) in [7, 11) is -16.5. The van der Waals surface area contributed by atoms with Crippen LogP contribution in [0.3, 0.4) is 0 Å². The monoisotopic (exact) mass is 1390 g/mol. The van der Waals surface area contributed by atoms with Crippen molar-refractivity contribution in [3.63, 3.8) is 0 Å². The molecular formula is C47H39As2F12NO4P4Rh2. The molecule has 388 valence electrons. The third-order valence-corrected chi connectivity index (χ3v) is 18.0. The van der Waals surface area contributed by atoms with Crippen LogP contribution in [-0.4, -0.2) is 46.8 Å². The van der Waals surface area contributed by atoms with Crippen molar-refractivity contribution in [2.24, 2.45) is 0 Å². The standard InChI is InChI=1S/2C18H15As.C11H9NO4.4F3P.2Rh/c2*1-4-10-16(11-5-1)19(17-12-6-2-7-13-17)18-14-8-3-9-15-18;1-2-16-11(13)8-5-9-3-6-10(7-4-9)12(14)15;4*1-4(2)3;;/h2*1-15H;3-4,6-7H,2H2,1H3;;;;;;. The van der Waals surface area contributed by atoms with E-state index in [9.17, 15) is 65.3 Å². The molecule has 72 heavy (non-hydrogen) atoms. The van der Waals surface area contributed by atoms with E-state index in [2.05, 4.69) is 199 Å². The van der Waals surface area contributed by atoms with Crippen LogP contribution < -0.4 is 26.1 Å². The van der Waals surface area contributed by atoms with E-state index in [4.69, 9.17) is 0 Å². The Morgan fingerprint density at radius 2 is 0.653 bits per heavy atom. The predicted molar refractivity (Wildman–Crippen MR) is 266 cm³/mol. The molecule has 0 atom stereocenters. The van der Waals surface area contributed by atoms with Gasteiger partial charge in [-0.25, -0.2) is 4.79 Å². The zero-order valence-electron chi connectivity index (χ0n) is 36.8. The van der Waals surface area contributed by atoms with Gasteiger partial charge in [-0.05, 0) is 19.1 Å². The molecular weight excluding hydrogens is 1350 g/mol. The molecule has 7 rings (SSSR count). The molecule has 0 spiro atoms. The van der Waals surface area contributed by atoms with Crippen LogP contribution in [0.5, 0.6) is 0 Å². The van der Waals surface area contributed by atoms with Crippen LogP contribution in [-0.2, 0) is 48.5 Å². The second-order valence-electron chi connectivity index (χ2n) is 12.2. The van der Waals surface area contributed by atoms with Crippen molar-refractivity contribution in [2.75, 3.05) is 6.61 Å². The van der Waals surface area contributed by atoms with Crippen LogP contribution in [0.2, 0.25) is 0 Å². The minimum atomic E-state index is -4.12. The third kappa shape index (κ3) is 34.6. The van der Waals surface area contributed by atoms with E-state index in [-0.39, 0.29) is 51.3 Å². The molecule has 0 fully saturated rings. The quantitative estimate of drug-likeness (QED) is 0.0289. The van der Waals surface area contributed by atoms with Crippen LogP contribution in [0.15, 0.2) is 206 Å². The molecule has 0 N–H and O–H groups in total. The van der Waals surface area contributed by atoms with Crippen LogP contribution in [0.25, 0.3) is 0 Å². The number of nitro benzene ring substituents is 1. The number of ether oxygens (including phenoxy) is 1. The van der Waals surface area contributed by atoms with Crippen LogP contribution in [0.1, 0.15) is 12.5 Å². The molecule has 0 aliphatic carbocycles. The Labute approximate surface area is 450 Å². The van der Waals surface area contributed by atoms with Gasteiger partial charge in [0.15, 0.2) is 0 Å². The van der Waals surface area contributed by atoms with E-state index in [1.807, 2.05) is 0 Å². The van der Waals surface area contributed by atoms with Crippen LogP contribution in [0.4, 0.5) is 56.1 Å². The molecule has 2 radical (unpaired) electrons. The summed E-state index contributed by atoms with van der Waals surface area (Å²) < 4.78 is 130. The molecule has 0 aliphatic rings. The van der Waals surface area contributed by atoms with E-state index < -0.39 is 75.6 Å². The van der Waals surface area contributed by atoms with Crippen molar-refractivity contribution in [1.82, 2.24) is 0 Å². The Morgan fingerprint density at radius 1 is 0.444 bits per heavy atom. The second kappa shape index (κ2) is 43.6. The maximum atomic E-state index is 10.9. The van der Waals surface area contributed by atoms with Crippen molar-refractivity contribution in [2.45, 2.75) is 6.92 Å². The number of rotatable bonds is 8. The number of benzene rings is 7. The fraction of sp³-hybridized carbons (Fsp3) is 0.0426. The van der Waals surface area contributed by atoms with Gasteiger partial charge >= 0.3 is 279 Å². The summed E-state index contributed by atoms with van der Waals surface area (Å²) in [6.45, 7) is 1.96. The minimum absolute atomic E-state index is 0. The molecule has 0 heterocycles. The Morgan fingerprint density at radius 3 is 0.833 bits per heavy atom. The van der Waals surface area contributed by atoms with E-state index in [1.54, 1.807) is 6.92 Å². The Bertz CT molecular complexity index is 2160. The summed E-state index contributed by atoms with van der Waals surface area (Å²) in [4.78, 5) is 20.7. The van der Waals surface area contributed by atoms with E-state index in [1.165, 1.54) is 50.4 Å². The van der Waals surface area contributed by atoms with Gasteiger partial charge in [0.05, 0.1) is 11.5 Å². The molecule has 0 saturated carbocycles. The predicted octanol–water partition coefficient (Wildman–Crippen LogP) is 14.4. The number of carbonyl (C=O) groups excluding carboxylic acids is 1. The molecule has 25 heteroatoms. The summed E-state index contributed by atoms with van der Waals surface area (Å²) >= 11 is -2.78. The maximum absolute atomic E-state index is 10.9. The molecule has 0 aliphatic heterocycles. The first-order valence-electron chi connectivity index (χ1n) is 19.4. The molecule has 5 nitrogen and oxygen atoms in total. The zero-order chi connectivity index (χ0) is 52.1. The first-order chi connectivity index (χ1) is 33.5. The molecule has 7 aromatic rings. The van der Waals surface area contributed by atoms with Crippen molar-refractivity contribution in [3.8, 4) is 11.8 Å². The van der Waals surface area contributed by atoms with Crippen molar-refractivity contribution in [3.05, 3.63) is 222 Å². The van der Waals surface area contributed by atoms with Gasteiger partial charge in [-0.3, -0.25) is 10.1 Å². The van der Waals surface area contributed by atoms with E-state index in [0.29, 0.717) is 5.56 Å². The second-order valence-corrected chi connectivity index (χ2v) is 23.1. The van der Waals surface area contributed by atoms with Gasteiger partial charge in [-0.15, -0.1) is 0 Å². The average Bonchev–Trinajstić information content (AvgIpc) is 3.33. The number of nitro groups is 1. The van der Waals surface area contributed by atoms with Gasteiger partial charge in [0.25, 0.3) is 5.69 Å². The summed E-state index contributed by atoms with van der Waals surface area (Å²) in [6.07, 6.45) is 0. The van der Waals surface area contributed by atoms with Gasteiger partial charge < -0.3 is 4.74 Å². The molecule has 0 bridgehead atoms. The van der Waals surface area contributed by atoms with Crippen LogP contribution >= 0.6 is 35.4 Å². The number of hydrogen-bond acceptors (Lipinski definition) is 4. The summed E-state index contributed by atoms with van der Waals surface area (Å²) in [6, 6.07) is 71.0. The number of nitrogens with zero attached hydrogens (tertiary/aromatic N) is 1. The molecule has 0 aromatic heterocycles. The number of non-ortho nitro benzene ring substituents is 1. The average molecular weight is 1390 g/mol. The Hall–Kier alpha value is -3.79. The number of hydrogen-bond donors (Lipinski definition) is 0. The zero-order valence-corrected chi connectivity index (χ0v) is 47.4. The van der Waals surface area contributed by atoms with Gasteiger partial charge in [-0.2, -0.15) is 50.4 Å². The Balaban J connectivity index is 0. The SMILES string of the molecule is CCOC(=O)C#Cc1ccc([N+](=O)[O-])cc1.FP(F)F.FP(F)F.FP(F)F.FP(F)F.[Rh].[Rh].c1ccc([As](c2ccccc2)c2ccccc2)cc1.c1ccc([As](c2ccccc2)c2ccccc2)cc1. The van der Waals surface area contributed by atoms with Gasteiger partial charge in [-0.1, -0.05) is 5.92 Å². The van der Waals surface area contributed by atoms with Gasteiger partial charge in [0.2, 0.25) is 0 Å². The van der Waals surface area contributed by atoms with Crippen molar-refractivity contribution >= 4 is 102 Å². The molecule has 7 aromatic carbocycles. The van der Waals surface area contributed by atoms with Gasteiger partial charge in [0, 0.05) is 62.6 Å². The molecule has 0 amide bonds. The normalized spacial score (nSPS) is 9.54. The fourth-order valence-corrected chi connectivity index (χ4v) is 15.0. The molecule has 0 unspecified atom stereocenters. The first-order valence-corrected chi connectivity index (χ1v) is 29.1. The number of carbonyl (C=O) groups is 1. The topological polar surface area (TPSA) is 69.4 Å². The number of halogens is 12. The molecule has 0 saturated heterocycles. The van der Waals surface area contributed by atoms with E-state index in [0.717, 1.165) is 0 Å². The summed E-state index contributed by atoms with van der Waals surface area (Å²) in [5, 5.41) is 10.4. The third-order valence-electron chi connectivity index (χ3n) is 7.75. The number of esters is 1. The van der Waals surface area contributed by atoms with E-state index >= 15 is 0 Å². The summed E-state index contributed by atoms with van der Waals surface area (Å²) in [5.41, 5.74) is 0.514. The fourth-order valence-electron chi connectivity index (χ4n) is 5.31. The summed E-state index contributed by atoms with van der Waals surface area (Å²) in [5.74, 6) is 4.21. The van der Waals surface area contributed by atoms with Gasteiger partial charge in [0.1, 0.15) is 0 Å².